The Morgan fingerprint density at radius 2 is 2.13 bits per heavy atom. The molecule has 0 amide bonds. The average Bonchev–Trinajstić information content (AvgIpc) is 2.48. The standard InChI is InChI=1S/C10H17N3O2/c11-13-12-8-9-10(4-7-15-9)2-1-5-14-6-3-10/h9H,1-8H2. The average molecular weight is 211 g/mol. The van der Waals surface area contributed by atoms with Gasteiger partial charge in [-0.1, -0.05) is 5.11 Å². The van der Waals surface area contributed by atoms with Gasteiger partial charge in [0.15, 0.2) is 0 Å². The van der Waals surface area contributed by atoms with Gasteiger partial charge in [-0.15, -0.1) is 0 Å². The Morgan fingerprint density at radius 1 is 1.27 bits per heavy atom. The zero-order valence-corrected chi connectivity index (χ0v) is 8.89. The van der Waals surface area contributed by atoms with Gasteiger partial charge in [-0.2, -0.15) is 0 Å². The third-order valence-electron chi connectivity index (χ3n) is 3.62. The molecule has 2 unspecified atom stereocenters. The lowest BCUT2D eigenvalue weighted by Gasteiger charge is -2.31. The fourth-order valence-electron chi connectivity index (χ4n) is 2.70. The van der Waals surface area contributed by atoms with Crippen molar-refractivity contribution in [2.45, 2.75) is 31.8 Å². The number of hydrogen-bond acceptors (Lipinski definition) is 3. The molecule has 0 N–H and O–H groups in total. The van der Waals surface area contributed by atoms with Gasteiger partial charge in [-0.3, -0.25) is 0 Å². The van der Waals surface area contributed by atoms with Crippen molar-refractivity contribution in [3.05, 3.63) is 10.4 Å². The number of azide groups is 1. The van der Waals surface area contributed by atoms with Crippen LogP contribution in [0.5, 0.6) is 0 Å². The Morgan fingerprint density at radius 3 is 3.00 bits per heavy atom. The van der Waals surface area contributed by atoms with Crippen LogP contribution in [-0.4, -0.2) is 32.5 Å². The fourth-order valence-corrected chi connectivity index (χ4v) is 2.70. The van der Waals surface area contributed by atoms with Crippen LogP contribution in [0.25, 0.3) is 10.4 Å². The lowest BCUT2D eigenvalue weighted by molar-refractivity contribution is 0.0425. The molecule has 0 aromatic heterocycles. The third kappa shape index (κ3) is 2.25. The molecule has 0 radical (unpaired) electrons. The number of hydrogen-bond donors (Lipinski definition) is 0. The van der Waals surface area contributed by atoms with E-state index in [9.17, 15) is 0 Å². The van der Waals surface area contributed by atoms with E-state index >= 15 is 0 Å². The van der Waals surface area contributed by atoms with E-state index in [-0.39, 0.29) is 11.5 Å². The molecule has 0 bridgehead atoms. The molecule has 5 heteroatoms. The van der Waals surface area contributed by atoms with Crippen LogP contribution in [0.3, 0.4) is 0 Å². The largest absolute Gasteiger partial charge is 0.381 e. The molecule has 0 aliphatic carbocycles. The van der Waals surface area contributed by atoms with E-state index in [4.69, 9.17) is 15.0 Å². The molecule has 2 rings (SSSR count). The minimum atomic E-state index is 0.107. The molecule has 5 nitrogen and oxygen atoms in total. The molecular weight excluding hydrogens is 194 g/mol. The van der Waals surface area contributed by atoms with E-state index in [0.717, 1.165) is 45.5 Å². The quantitative estimate of drug-likeness (QED) is 0.399. The molecule has 1 spiro atoms. The van der Waals surface area contributed by atoms with Crippen molar-refractivity contribution in [1.29, 1.82) is 0 Å². The van der Waals surface area contributed by atoms with Crippen molar-refractivity contribution < 1.29 is 9.47 Å². The van der Waals surface area contributed by atoms with E-state index in [1.54, 1.807) is 0 Å². The van der Waals surface area contributed by atoms with Crippen LogP contribution in [0, 0.1) is 5.41 Å². The first-order valence-corrected chi connectivity index (χ1v) is 5.58. The minimum absolute atomic E-state index is 0.107. The number of ether oxygens (including phenoxy) is 2. The number of rotatable bonds is 2. The summed E-state index contributed by atoms with van der Waals surface area (Å²) >= 11 is 0. The Labute approximate surface area is 89.4 Å². The van der Waals surface area contributed by atoms with Gasteiger partial charge in [0.05, 0.1) is 12.6 Å². The molecule has 2 aliphatic heterocycles. The van der Waals surface area contributed by atoms with E-state index < -0.39 is 0 Å². The van der Waals surface area contributed by atoms with Crippen molar-refractivity contribution in [3.63, 3.8) is 0 Å². The van der Waals surface area contributed by atoms with E-state index in [1.165, 1.54) is 0 Å². The topological polar surface area (TPSA) is 67.2 Å². The van der Waals surface area contributed by atoms with Gasteiger partial charge in [-0.25, -0.2) is 0 Å². The van der Waals surface area contributed by atoms with Crippen molar-refractivity contribution in [2.24, 2.45) is 10.5 Å². The monoisotopic (exact) mass is 211 g/mol. The highest BCUT2D eigenvalue weighted by Crippen LogP contribution is 2.43. The first-order valence-electron chi connectivity index (χ1n) is 5.58. The SMILES string of the molecule is [N-]=[N+]=NCC1OCCC12CCCOCC2. The first-order chi connectivity index (χ1) is 7.37. The van der Waals surface area contributed by atoms with E-state index in [1.807, 2.05) is 0 Å². The number of nitrogens with zero attached hydrogens (tertiary/aromatic N) is 3. The predicted molar refractivity (Wildman–Crippen MR) is 55.5 cm³/mol. The van der Waals surface area contributed by atoms with Crippen LogP contribution in [0.2, 0.25) is 0 Å². The summed E-state index contributed by atoms with van der Waals surface area (Å²) in [4.78, 5) is 2.81. The molecule has 0 saturated carbocycles. The highest BCUT2D eigenvalue weighted by molar-refractivity contribution is 4.93. The molecule has 2 atom stereocenters. The van der Waals surface area contributed by atoms with Crippen LogP contribution >= 0.6 is 0 Å². The van der Waals surface area contributed by atoms with Crippen LogP contribution in [0.1, 0.15) is 25.7 Å². The van der Waals surface area contributed by atoms with Crippen LogP contribution < -0.4 is 0 Å². The summed E-state index contributed by atoms with van der Waals surface area (Å²) < 4.78 is 11.2. The second-order valence-corrected chi connectivity index (χ2v) is 4.35. The summed E-state index contributed by atoms with van der Waals surface area (Å²) in [5.41, 5.74) is 8.56. The molecule has 2 heterocycles. The van der Waals surface area contributed by atoms with Gasteiger partial charge in [0.25, 0.3) is 0 Å². The van der Waals surface area contributed by atoms with Gasteiger partial charge in [0, 0.05) is 30.1 Å². The highest BCUT2D eigenvalue weighted by Gasteiger charge is 2.43. The molecule has 2 fully saturated rings. The van der Waals surface area contributed by atoms with E-state index in [2.05, 4.69) is 10.0 Å². The molecular formula is C10H17N3O2. The molecule has 2 saturated heterocycles. The summed E-state index contributed by atoms with van der Waals surface area (Å²) in [5, 5.41) is 3.65. The molecule has 15 heavy (non-hydrogen) atoms. The maximum Gasteiger partial charge on any atom is 0.0689 e. The third-order valence-corrected chi connectivity index (χ3v) is 3.62. The van der Waals surface area contributed by atoms with Crippen LogP contribution in [-0.2, 0) is 9.47 Å². The Balaban J connectivity index is 2.05. The smallest absolute Gasteiger partial charge is 0.0689 e. The minimum Gasteiger partial charge on any atom is -0.381 e. The summed E-state index contributed by atoms with van der Waals surface area (Å²) in [6, 6.07) is 0. The highest BCUT2D eigenvalue weighted by atomic mass is 16.5. The Hall–Kier alpha value is -0.770. The molecule has 0 aromatic carbocycles. The van der Waals surface area contributed by atoms with Gasteiger partial charge >= 0.3 is 0 Å². The van der Waals surface area contributed by atoms with Gasteiger partial charge in [0.2, 0.25) is 0 Å². The Kier molecular flexibility index (Phi) is 3.46. The maximum atomic E-state index is 8.35. The Bertz CT molecular complexity index is 255. The summed E-state index contributed by atoms with van der Waals surface area (Å²) in [7, 11) is 0. The molecule has 2 aliphatic rings. The van der Waals surface area contributed by atoms with E-state index in [0.29, 0.717) is 6.54 Å². The van der Waals surface area contributed by atoms with Crippen molar-refractivity contribution >= 4 is 0 Å². The van der Waals surface area contributed by atoms with Gasteiger partial charge < -0.3 is 9.47 Å². The summed E-state index contributed by atoms with van der Waals surface area (Å²) in [6.45, 7) is 2.94. The normalized spacial score (nSPS) is 36.1. The molecule has 0 aromatic rings. The zero-order valence-electron chi connectivity index (χ0n) is 8.89. The van der Waals surface area contributed by atoms with Gasteiger partial charge in [-0.05, 0) is 31.2 Å². The maximum absolute atomic E-state index is 8.35. The van der Waals surface area contributed by atoms with Crippen molar-refractivity contribution in [2.75, 3.05) is 26.4 Å². The van der Waals surface area contributed by atoms with Crippen LogP contribution in [0.15, 0.2) is 5.11 Å². The van der Waals surface area contributed by atoms with Crippen molar-refractivity contribution in [3.8, 4) is 0 Å². The zero-order chi connectivity index (χ0) is 10.6. The lowest BCUT2D eigenvalue weighted by atomic mass is 9.75. The van der Waals surface area contributed by atoms with Crippen molar-refractivity contribution in [1.82, 2.24) is 0 Å². The first kappa shape index (κ1) is 10.7. The van der Waals surface area contributed by atoms with Gasteiger partial charge in [0.1, 0.15) is 0 Å². The van der Waals surface area contributed by atoms with Crippen LogP contribution in [0.4, 0.5) is 0 Å². The second-order valence-electron chi connectivity index (χ2n) is 4.35. The second kappa shape index (κ2) is 4.84. The fraction of sp³-hybridized carbons (Fsp3) is 1.00. The lowest BCUT2D eigenvalue weighted by Crippen LogP contribution is -2.33. The predicted octanol–water partition coefficient (Wildman–Crippen LogP) is 2.27. The molecule has 84 valence electrons. The summed E-state index contributed by atoms with van der Waals surface area (Å²) in [6.07, 6.45) is 4.46. The summed E-state index contributed by atoms with van der Waals surface area (Å²) in [5.74, 6) is 0.